The Morgan fingerprint density at radius 1 is 1.69 bits per heavy atom. The van der Waals surface area contributed by atoms with Gasteiger partial charge in [-0.05, 0) is 36.6 Å². The van der Waals surface area contributed by atoms with Crippen LogP contribution in [0.1, 0.15) is 37.5 Å². The maximum atomic E-state index is 11.6. The van der Waals surface area contributed by atoms with Crippen molar-refractivity contribution < 1.29 is 9.90 Å². The number of hydrogen-bond acceptors (Lipinski definition) is 2. The lowest BCUT2D eigenvalue weighted by molar-refractivity contribution is -0.152. The van der Waals surface area contributed by atoms with Gasteiger partial charge in [0.1, 0.15) is 0 Å². The van der Waals surface area contributed by atoms with Crippen LogP contribution in [0.2, 0.25) is 0 Å². The minimum atomic E-state index is -0.604. The Morgan fingerprint density at radius 3 is 3.06 bits per heavy atom. The zero-order valence-electron chi connectivity index (χ0n) is 9.61. The van der Waals surface area contributed by atoms with Crippen molar-refractivity contribution in [3.63, 3.8) is 0 Å². The Balaban J connectivity index is 2.18. The molecule has 3 heteroatoms. The first-order valence-corrected chi connectivity index (χ1v) is 6.76. The molecule has 1 saturated carbocycles. The molecule has 88 valence electrons. The molecule has 1 aromatic rings. The zero-order valence-corrected chi connectivity index (χ0v) is 10.4. The van der Waals surface area contributed by atoms with Gasteiger partial charge in [0.15, 0.2) is 0 Å². The van der Waals surface area contributed by atoms with Gasteiger partial charge >= 0.3 is 5.97 Å². The molecule has 0 amide bonds. The van der Waals surface area contributed by atoms with E-state index in [1.54, 1.807) is 11.3 Å². The van der Waals surface area contributed by atoms with Crippen molar-refractivity contribution in [2.45, 2.75) is 39.0 Å². The van der Waals surface area contributed by atoms with Crippen LogP contribution in [0.15, 0.2) is 17.5 Å². The summed E-state index contributed by atoms with van der Waals surface area (Å²) >= 11 is 1.67. The quantitative estimate of drug-likeness (QED) is 0.874. The van der Waals surface area contributed by atoms with Gasteiger partial charge in [-0.1, -0.05) is 25.8 Å². The summed E-state index contributed by atoms with van der Waals surface area (Å²) in [6.07, 6.45) is 4.62. The van der Waals surface area contributed by atoms with Gasteiger partial charge in [-0.15, -0.1) is 11.3 Å². The molecule has 1 aromatic heterocycles. The minimum Gasteiger partial charge on any atom is -0.481 e. The third kappa shape index (κ3) is 2.29. The van der Waals surface area contributed by atoms with Crippen molar-refractivity contribution in [3.05, 3.63) is 22.4 Å². The molecule has 16 heavy (non-hydrogen) atoms. The molecule has 2 nitrogen and oxygen atoms in total. The molecule has 2 rings (SSSR count). The van der Waals surface area contributed by atoms with Gasteiger partial charge in [0, 0.05) is 4.88 Å². The van der Waals surface area contributed by atoms with Crippen LogP contribution in [0.4, 0.5) is 0 Å². The zero-order chi connectivity index (χ0) is 11.6. The SMILES string of the molecule is CC1CCCC(Cc2cccs2)(C(=O)O)C1. The molecule has 0 spiro atoms. The molecular formula is C13H18O2S. The van der Waals surface area contributed by atoms with Gasteiger partial charge in [0.25, 0.3) is 0 Å². The molecule has 1 fully saturated rings. The first-order valence-electron chi connectivity index (χ1n) is 5.88. The van der Waals surface area contributed by atoms with Gasteiger partial charge < -0.3 is 5.11 Å². The van der Waals surface area contributed by atoms with Gasteiger partial charge in [0.2, 0.25) is 0 Å². The highest BCUT2D eigenvalue weighted by molar-refractivity contribution is 7.09. The molecule has 0 aliphatic heterocycles. The molecule has 1 heterocycles. The van der Waals surface area contributed by atoms with Crippen LogP contribution in [-0.4, -0.2) is 11.1 Å². The highest BCUT2D eigenvalue weighted by Gasteiger charge is 2.41. The molecule has 1 aliphatic rings. The van der Waals surface area contributed by atoms with E-state index in [1.165, 1.54) is 11.3 Å². The number of carboxylic acids is 1. The second kappa shape index (κ2) is 4.58. The lowest BCUT2D eigenvalue weighted by Crippen LogP contribution is -2.37. The fourth-order valence-electron chi connectivity index (χ4n) is 2.84. The monoisotopic (exact) mass is 238 g/mol. The van der Waals surface area contributed by atoms with Gasteiger partial charge in [0.05, 0.1) is 5.41 Å². The van der Waals surface area contributed by atoms with Gasteiger partial charge in [-0.25, -0.2) is 0 Å². The third-order valence-corrected chi connectivity index (χ3v) is 4.51. The number of thiophene rings is 1. The van der Waals surface area contributed by atoms with E-state index in [2.05, 4.69) is 13.0 Å². The number of rotatable bonds is 3. The largest absolute Gasteiger partial charge is 0.481 e. The average molecular weight is 238 g/mol. The van der Waals surface area contributed by atoms with Crippen molar-refractivity contribution in [2.24, 2.45) is 11.3 Å². The summed E-state index contributed by atoms with van der Waals surface area (Å²) in [4.78, 5) is 12.8. The standard InChI is InChI=1S/C13H18O2S/c1-10-4-2-6-13(8-10,12(14)15)9-11-5-3-7-16-11/h3,5,7,10H,2,4,6,8-9H2,1H3,(H,14,15). The Bertz CT molecular complexity index is 358. The van der Waals surface area contributed by atoms with E-state index in [4.69, 9.17) is 0 Å². The number of hydrogen-bond donors (Lipinski definition) is 1. The predicted molar refractivity (Wildman–Crippen MR) is 65.7 cm³/mol. The van der Waals surface area contributed by atoms with Crippen LogP contribution < -0.4 is 0 Å². The van der Waals surface area contributed by atoms with E-state index in [1.807, 2.05) is 11.4 Å². The number of carboxylic acid groups (broad SMARTS) is 1. The van der Waals surface area contributed by atoms with Crippen molar-refractivity contribution in [2.75, 3.05) is 0 Å². The van der Waals surface area contributed by atoms with Crippen molar-refractivity contribution in [1.29, 1.82) is 0 Å². The molecule has 1 N–H and O–H groups in total. The van der Waals surface area contributed by atoms with E-state index in [0.29, 0.717) is 12.3 Å². The predicted octanol–water partition coefficient (Wildman–Crippen LogP) is 3.57. The van der Waals surface area contributed by atoms with E-state index in [-0.39, 0.29) is 0 Å². The van der Waals surface area contributed by atoms with Crippen LogP contribution in [0, 0.1) is 11.3 Å². The normalized spacial score (nSPS) is 30.2. The Morgan fingerprint density at radius 2 is 2.50 bits per heavy atom. The van der Waals surface area contributed by atoms with E-state index in [0.717, 1.165) is 19.3 Å². The van der Waals surface area contributed by atoms with Crippen LogP contribution >= 0.6 is 11.3 Å². The fourth-order valence-corrected chi connectivity index (χ4v) is 3.69. The summed E-state index contributed by atoms with van der Waals surface area (Å²) in [5, 5.41) is 11.5. The summed E-state index contributed by atoms with van der Waals surface area (Å²) in [6, 6.07) is 4.05. The lowest BCUT2D eigenvalue weighted by atomic mass is 9.68. The van der Waals surface area contributed by atoms with Gasteiger partial charge in [-0.3, -0.25) is 4.79 Å². The first-order chi connectivity index (χ1) is 7.62. The number of aliphatic carboxylic acids is 1. The van der Waals surface area contributed by atoms with Crippen molar-refractivity contribution in [3.8, 4) is 0 Å². The van der Waals surface area contributed by atoms with E-state index >= 15 is 0 Å². The molecule has 0 saturated heterocycles. The van der Waals surface area contributed by atoms with Crippen LogP contribution in [0.25, 0.3) is 0 Å². The Labute approximate surface area is 100 Å². The number of carbonyl (C=O) groups is 1. The average Bonchev–Trinajstić information content (AvgIpc) is 2.70. The molecular weight excluding hydrogens is 220 g/mol. The van der Waals surface area contributed by atoms with Crippen LogP contribution in [0.5, 0.6) is 0 Å². The topological polar surface area (TPSA) is 37.3 Å². The van der Waals surface area contributed by atoms with Crippen molar-refractivity contribution >= 4 is 17.3 Å². The van der Waals surface area contributed by atoms with Crippen LogP contribution in [0.3, 0.4) is 0 Å². The van der Waals surface area contributed by atoms with Gasteiger partial charge in [-0.2, -0.15) is 0 Å². The van der Waals surface area contributed by atoms with E-state index in [9.17, 15) is 9.90 Å². The summed E-state index contributed by atoms with van der Waals surface area (Å²) in [5.74, 6) is -0.0581. The second-order valence-corrected chi connectivity index (χ2v) is 6.08. The summed E-state index contributed by atoms with van der Waals surface area (Å²) < 4.78 is 0. The molecule has 0 radical (unpaired) electrons. The smallest absolute Gasteiger partial charge is 0.310 e. The lowest BCUT2D eigenvalue weighted by Gasteiger charge is -2.36. The van der Waals surface area contributed by atoms with E-state index < -0.39 is 11.4 Å². The maximum absolute atomic E-state index is 11.6. The Hall–Kier alpha value is -0.830. The molecule has 2 atom stereocenters. The molecule has 0 aromatic carbocycles. The molecule has 2 unspecified atom stereocenters. The highest BCUT2D eigenvalue weighted by Crippen LogP contribution is 2.42. The third-order valence-electron chi connectivity index (χ3n) is 3.64. The second-order valence-electron chi connectivity index (χ2n) is 5.04. The molecule has 1 aliphatic carbocycles. The summed E-state index contributed by atoms with van der Waals surface area (Å²) in [5.41, 5.74) is -0.498. The minimum absolute atomic E-state index is 0.498. The highest BCUT2D eigenvalue weighted by atomic mass is 32.1. The van der Waals surface area contributed by atoms with Crippen molar-refractivity contribution in [1.82, 2.24) is 0 Å². The summed E-state index contributed by atoms with van der Waals surface area (Å²) in [6.45, 7) is 2.17. The van der Waals surface area contributed by atoms with Crippen LogP contribution in [-0.2, 0) is 11.2 Å². The summed E-state index contributed by atoms with van der Waals surface area (Å²) in [7, 11) is 0. The maximum Gasteiger partial charge on any atom is 0.310 e. The molecule has 0 bridgehead atoms. The Kier molecular flexibility index (Phi) is 3.33. The first kappa shape index (κ1) is 11.6. The fraction of sp³-hybridized carbons (Fsp3) is 0.615.